The van der Waals surface area contributed by atoms with Crippen LogP contribution >= 0.6 is 0 Å². The Morgan fingerprint density at radius 3 is 1.57 bits per heavy atom. The van der Waals surface area contributed by atoms with Crippen LogP contribution in [0.15, 0.2) is 12.2 Å². The summed E-state index contributed by atoms with van der Waals surface area (Å²) in [5.74, 6) is -0.710. The highest BCUT2D eigenvalue weighted by Crippen LogP contribution is 2.22. The van der Waals surface area contributed by atoms with Crippen LogP contribution in [0.3, 0.4) is 0 Å². The van der Waals surface area contributed by atoms with Crippen molar-refractivity contribution in [1.82, 2.24) is 0 Å². The van der Waals surface area contributed by atoms with E-state index in [2.05, 4.69) is 19.1 Å². The van der Waals surface area contributed by atoms with Gasteiger partial charge in [-0.15, -0.1) is 0 Å². The predicted octanol–water partition coefficient (Wildman–Crippen LogP) is 7.35. The molecule has 0 aliphatic heterocycles. The summed E-state index contributed by atoms with van der Waals surface area (Å²) in [5.41, 5.74) is -0.720. The molecule has 28 heavy (non-hydrogen) atoms. The Hall–Kier alpha value is -0.830. The van der Waals surface area contributed by atoms with E-state index in [0.29, 0.717) is 4.48 Å². The number of nitrogens with zero attached hydrogens (tertiary/aromatic N) is 1. The first-order chi connectivity index (χ1) is 13.3. The van der Waals surface area contributed by atoms with Gasteiger partial charge in [0.2, 0.25) is 0 Å². The molecular weight excluding hydrogens is 346 g/mol. The van der Waals surface area contributed by atoms with Crippen LogP contribution in [0.1, 0.15) is 117 Å². The van der Waals surface area contributed by atoms with Gasteiger partial charge in [0, 0.05) is 13.8 Å². The molecular formula is C25H50NO2+. The second-order valence-electron chi connectivity index (χ2n) is 9.56. The molecule has 0 aromatic rings. The average Bonchev–Trinajstić information content (AvgIpc) is 2.63. The minimum atomic E-state index is -0.720. The largest absolute Gasteiger partial charge is 0.477 e. The van der Waals surface area contributed by atoms with E-state index in [0.717, 1.165) is 13.0 Å². The smallest absolute Gasteiger partial charge is 0.365 e. The second kappa shape index (κ2) is 16.0. The van der Waals surface area contributed by atoms with Gasteiger partial charge < -0.3 is 9.59 Å². The molecule has 0 aliphatic carbocycles. The highest BCUT2D eigenvalue weighted by molar-refractivity contribution is 5.76. The number of carboxylic acid groups (broad SMARTS) is 1. The van der Waals surface area contributed by atoms with Crippen molar-refractivity contribution < 1.29 is 14.4 Å². The van der Waals surface area contributed by atoms with Crippen molar-refractivity contribution in [2.45, 2.75) is 123 Å². The van der Waals surface area contributed by atoms with E-state index in [1.807, 2.05) is 27.9 Å². The molecule has 0 bridgehead atoms. The molecule has 0 aromatic carbocycles. The van der Waals surface area contributed by atoms with Crippen molar-refractivity contribution in [3.63, 3.8) is 0 Å². The lowest BCUT2D eigenvalue weighted by Crippen LogP contribution is -2.60. The van der Waals surface area contributed by atoms with E-state index in [-0.39, 0.29) is 0 Å². The number of carboxylic acids is 1. The Labute approximate surface area is 176 Å². The number of likely N-dealkylation sites (N-methyl/N-ethyl adjacent to an activating group) is 1. The molecule has 0 unspecified atom stereocenters. The summed E-state index contributed by atoms with van der Waals surface area (Å²) >= 11 is 0. The Bertz CT molecular complexity index is 413. The lowest BCUT2D eigenvalue weighted by molar-refractivity contribution is -0.928. The van der Waals surface area contributed by atoms with E-state index in [4.69, 9.17) is 0 Å². The van der Waals surface area contributed by atoms with Crippen LogP contribution in [-0.2, 0) is 4.79 Å². The third-order valence-corrected chi connectivity index (χ3v) is 6.52. The first-order valence-corrected chi connectivity index (χ1v) is 12.0. The van der Waals surface area contributed by atoms with Gasteiger partial charge in [0.05, 0.1) is 20.6 Å². The van der Waals surface area contributed by atoms with Crippen LogP contribution in [-0.4, -0.2) is 41.7 Å². The topological polar surface area (TPSA) is 37.3 Å². The summed E-state index contributed by atoms with van der Waals surface area (Å²) in [6.45, 7) is 6.87. The minimum absolute atomic E-state index is 0.549. The number of carbonyl (C=O) groups is 1. The molecule has 3 nitrogen and oxygen atoms in total. The van der Waals surface area contributed by atoms with Crippen LogP contribution in [0.4, 0.5) is 0 Å². The molecule has 0 saturated heterocycles. The number of unbranched alkanes of at least 4 members (excludes halogenated alkanes) is 13. The van der Waals surface area contributed by atoms with Crippen LogP contribution in [0.5, 0.6) is 0 Å². The summed E-state index contributed by atoms with van der Waals surface area (Å²) in [7, 11) is 4.07. The lowest BCUT2D eigenvalue weighted by Gasteiger charge is -2.41. The highest BCUT2D eigenvalue weighted by Gasteiger charge is 2.43. The van der Waals surface area contributed by atoms with Gasteiger partial charge in [-0.25, -0.2) is 4.79 Å². The maximum Gasteiger partial charge on any atom is 0.365 e. The molecule has 0 saturated carbocycles. The van der Waals surface area contributed by atoms with Gasteiger partial charge in [0.1, 0.15) is 0 Å². The third kappa shape index (κ3) is 12.6. The highest BCUT2D eigenvalue weighted by atomic mass is 16.4. The number of aliphatic carboxylic acids is 1. The minimum Gasteiger partial charge on any atom is -0.477 e. The number of hydrogen-bond donors (Lipinski definition) is 1. The van der Waals surface area contributed by atoms with E-state index >= 15 is 0 Å². The molecule has 0 rings (SSSR count). The van der Waals surface area contributed by atoms with Gasteiger partial charge in [0.25, 0.3) is 0 Å². The van der Waals surface area contributed by atoms with Gasteiger partial charge in [-0.1, -0.05) is 76.9 Å². The molecule has 0 radical (unpaired) electrons. The molecule has 0 atom stereocenters. The Kier molecular flexibility index (Phi) is 15.5. The maximum absolute atomic E-state index is 11.4. The fraction of sp³-hybridized carbons (Fsp3) is 0.880. The number of rotatable bonds is 19. The van der Waals surface area contributed by atoms with Crippen LogP contribution < -0.4 is 0 Å². The molecule has 0 aromatic heterocycles. The molecule has 166 valence electrons. The quantitative estimate of drug-likeness (QED) is 0.141. The molecule has 1 N–H and O–H groups in total. The van der Waals surface area contributed by atoms with Crippen molar-refractivity contribution in [2.75, 3.05) is 20.6 Å². The SMILES string of the molecule is CCCCCCCCC=CCCCCCCCCC[N+](C)(C)C(C)(C)C(=O)O. The van der Waals surface area contributed by atoms with Gasteiger partial charge in [-0.05, 0) is 38.5 Å². The summed E-state index contributed by atoms with van der Waals surface area (Å²) < 4.78 is 0.549. The number of allylic oxidation sites excluding steroid dienone is 2. The Morgan fingerprint density at radius 1 is 0.750 bits per heavy atom. The van der Waals surface area contributed by atoms with Crippen molar-refractivity contribution in [3.05, 3.63) is 12.2 Å². The van der Waals surface area contributed by atoms with Crippen LogP contribution in [0.25, 0.3) is 0 Å². The first-order valence-electron chi connectivity index (χ1n) is 12.0. The second-order valence-corrected chi connectivity index (χ2v) is 9.56. The van der Waals surface area contributed by atoms with Crippen LogP contribution in [0, 0.1) is 0 Å². The first kappa shape index (κ1) is 27.2. The van der Waals surface area contributed by atoms with E-state index < -0.39 is 11.5 Å². The third-order valence-electron chi connectivity index (χ3n) is 6.52. The predicted molar refractivity (Wildman–Crippen MR) is 123 cm³/mol. The Balaban J connectivity index is 3.47. The van der Waals surface area contributed by atoms with Gasteiger partial charge >= 0.3 is 5.97 Å². The van der Waals surface area contributed by atoms with Crippen molar-refractivity contribution >= 4 is 5.97 Å². The van der Waals surface area contributed by atoms with Gasteiger partial charge in [-0.2, -0.15) is 0 Å². The lowest BCUT2D eigenvalue weighted by atomic mass is 9.99. The zero-order valence-corrected chi connectivity index (χ0v) is 19.8. The molecule has 0 aliphatic rings. The molecule has 0 fully saturated rings. The summed E-state index contributed by atoms with van der Waals surface area (Å²) in [4.78, 5) is 11.4. The van der Waals surface area contributed by atoms with E-state index in [9.17, 15) is 9.90 Å². The summed E-state index contributed by atoms with van der Waals surface area (Å²) in [6.07, 6.45) is 24.5. The molecule has 0 spiro atoms. The normalized spacial score (nSPS) is 12.8. The zero-order valence-electron chi connectivity index (χ0n) is 19.8. The maximum atomic E-state index is 11.4. The summed E-state index contributed by atoms with van der Waals surface area (Å²) in [5, 5.41) is 9.40. The van der Waals surface area contributed by atoms with Crippen molar-refractivity contribution in [3.8, 4) is 0 Å². The Morgan fingerprint density at radius 2 is 1.14 bits per heavy atom. The van der Waals surface area contributed by atoms with Crippen molar-refractivity contribution in [2.24, 2.45) is 0 Å². The van der Waals surface area contributed by atoms with Crippen LogP contribution in [0.2, 0.25) is 0 Å². The monoisotopic (exact) mass is 396 g/mol. The molecule has 3 heteroatoms. The van der Waals surface area contributed by atoms with E-state index in [1.54, 1.807) is 0 Å². The molecule has 0 amide bonds. The molecule has 0 heterocycles. The fourth-order valence-electron chi connectivity index (χ4n) is 3.47. The number of quaternary nitrogens is 1. The average molecular weight is 397 g/mol. The van der Waals surface area contributed by atoms with Gasteiger partial charge in [-0.3, -0.25) is 0 Å². The number of hydrogen-bond acceptors (Lipinski definition) is 1. The summed E-state index contributed by atoms with van der Waals surface area (Å²) in [6, 6.07) is 0. The van der Waals surface area contributed by atoms with E-state index in [1.165, 1.54) is 89.9 Å². The van der Waals surface area contributed by atoms with Crippen molar-refractivity contribution in [1.29, 1.82) is 0 Å². The van der Waals surface area contributed by atoms with Gasteiger partial charge in [0.15, 0.2) is 5.54 Å². The zero-order chi connectivity index (χ0) is 21.3. The standard InChI is InChI=1S/C25H49NO2/c1-6-7-8-9-10-11-12-13-14-15-16-17-18-19-20-21-22-23-26(4,5)25(2,3)24(27)28/h13-14H,6-12,15-23H2,1-5H3/p+1. The fourth-order valence-corrected chi connectivity index (χ4v) is 3.47.